The zero-order valence-electron chi connectivity index (χ0n) is 17.5. The van der Waals surface area contributed by atoms with E-state index in [0.29, 0.717) is 0 Å². The molecule has 1 heterocycles. The number of hydrogen-bond acceptors (Lipinski definition) is 4. The van der Waals surface area contributed by atoms with E-state index in [9.17, 15) is 14.0 Å². The number of benzene rings is 2. The fraction of sp³-hybridized carbons (Fsp3) is 0.391. The Balaban J connectivity index is 1.36. The summed E-state index contributed by atoms with van der Waals surface area (Å²) in [5.74, 6) is -0.145. The molecule has 0 aliphatic carbocycles. The first-order chi connectivity index (χ1) is 15.0. The van der Waals surface area contributed by atoms with Crippen molar-refractivity contribution in [3.8, 4) is 5.75 Å². The van der Waals surface area contributed by atoms with Crippen molar-refractivity contribution in [2.24, 2.45) is 0 Å². The van der Waals surface area contributed by atoms with Gasteiger partial charge in [-0.25, -0.2) is 4.39 Å². The second-order valence-electron chi connectivity index (χ2n) is 7.56. The number of halogens is 2. The largest absolute Gasteiger partial charge is 0.496 e. The number of carbonyl (C=O) groups is 2. The van der Waals surface area contributed by atoms with Crippen LogP contribution >= 0.6 is 11.6 Å². The number of rotatable bonds is 8. The Hall–Kier alpha value is -2.64. The van der Waals surface area contributed by atoms with Gasteiger partial charge >= 0.3 is 0 Å². The molecule has 0 spiro atoms. The van der Waals surface area contributed by atoms with E-state index in [4.69, 9.17) is 16.3 Å². The molecule has 1 fully saturated rings. The second-order valence-corrected chi connectivity index (χ2v) is 7.97. The van der Waals surface area contributed by atoms with Gasteiger partial charge in [-0.3, -0.25) is 14.5 Å². The summed E-state index contributed by atoms with van der Waals surface area (Å²) in [6.45, 7) is 2.79. The first-order valence-electron chi connectivity index (χ1n) is 10.3. The minimum Gasteiger partial charge on any atom is -0.496 e. The molecule has 1 aliphatic rings. The van der Waals surface area contributed by atoms with Crippen LogP contribution in [0, 0.1) is 5.82 Å². The van der Waals surface area contributed by atoms with E-state index in [1.165, 1.54) is 12.1 Å². The zero-order valence-corrected chi connectivity index (χ0v) is 18.3. The van der Waals surface area contributed by atoms with Crippen molar-refractivity contribution >= 4 is 23.4 Å². The van der Waals surface area contributed by atoms with Crippen LogP contribution in [-0.2, 0) is 11.3 Å². The minimum absolute atomic E-state index is 0.0434. The highest BCUT2D eigenvalue weighted by Crippen LogP contribution is 2.21. The molecule has 0 unspecified atom stereocenters. The van der Waals surface area contributed by atoms with E-state index in [1.807, 2.05) is 18.2 Å². The Morgan fingerprint density at radius 3 is 2.65 bits per heavy atom. The summed E-state index contributed by atoms with van der Waals surface area (Å²) in [6, 6.07) is 11.7. The van der Waals surface area contributed by atoms with Gasteiger partial charge in [0.05, 0.1) is 17.7 Å². The summed E-state index contributed by atoms with van der Waals surface area (Å²) >= 11 is 5.88. The molecule has 2 amide bonds. The summed E-state index contributed by atoms with van der Waals surface area (Å²) in [4.78, 5) is 26.7. The number of ether oxygens (including phenoxy) is 1. The Morgan fingerprint density at radius 2 is 1.94 bits per heavy atom. The number of carbonyl (C=O) groups excluding carboxylic acids is 2. The molecule has 6 nitrogen and oxygen atoms in total. The van der Waals surface area contributed by atoms with Crippen molar-refractivity contribution in [1.29, 1.82) is 0 Å². The molecule has 3 rings (SSSR count). The minimum atomic E-state index is -0.505. The number of para-hydroxylation sites is 1. The standard InChI is InChI=1S/C23H27ClFN3O3/c1-31-21-5-3-2-4-16(21)15-28-12-9-18(10-13-28)27-22(29)8-11-26-23(30)19-7-6-17(25)14-20(19)24/h2-7,14,18H,8-13,15H2,1H3,(H,26,30)(H,27,29). The summed E-state index contributed by atoms with van der Waals surface area (Å²) in [5, 5.41) is 5.73. The van der Waals surface area contributed by atoms with Gasteiger partial charge in [0.15, 0.2) is 0 Å². The summed E-state index contributed by atoms with van der Waals surface area (Å²) in [7, 11) is 1.68. The molecule has 31 heavy (non-hydrogen) atoms. The average molecular weight is 448 g/mol. The third kappa shape index (κ3) is 6.67. The van der Waals surface area contributed by atoms with Crippen LogP contribution in [0.3, 0.4) is 0 Å². The number of piperidine rings is 1. The maximum absolute atomic E-state index is 13.1. The highest BCUT2D eigenvalue weighted by atomic mass is 35.5. The summed E-state index contributed by atoms with van der Waals surface area (Å²) in [6.07, 6.45) is 1.92. The number of nitrogens with one attached hydrogen (secondary N) is 2. The lowest BCUT2D eigenvalue weighted by Crippen LogP contribution is -2.45. The lowest BCUT2D eigenvalue weighted by molar-refractivity contribution is -0.122. The fourth-order valence-electron chi connectivity index (χ4n) is 3.67. The Morgan fingerprint density at radius 1 is 1.19 bits per heavy atom. The summed E-state index contributed by atoms with van der Waals surface area (Å²) in [5.41, 5.74) is 1.34. The van der Waals surface area contributed by atoms with Crippen LogP contribution in [0.2, 0.25) is 5.02 Å². The molecule has 1 aliphatic heterocycles. The van der Waals surface area contributed by atoms with Gasteiger partial charge in [0, 0.05) is 44.2 Å². The van der Waals surface area contributed by atoms with Crippen LogP contribution in [0.4, 0.5) is 4.39 Å². The Bertz CT molecular complexity index is 917. The van der Waals surface area contributed by atoms with Crippen molar-refractivity contribution in [2.45, 2.75) is 31.8 Å². The van der Waals surface area contributed by atoms with Crippen LogP contribution in [0.1, 0.15) is 35.2 Å². The maximum Gasteiger partial charge on any atom is 0.252 e. The molecular formula is C23H27ClFN3O3. The molecule has 0 radical (unpaired) electrons. The van der Waals surface area contributed by atoms with Gasteiger partial charge in [-0.2, -0.15) is 0 Å². The number of hydrogen-bond donors (Lipinski definition) is 2. The van der Waals surface area contributed by atoms with Gasteiger partial charge in [-0.15, -0.1) is 0 Å². The van der Waals surface area contributed by atoms with Gasteiger partial charge in [-0.1, -0.05) is 29.8 Å². The lowest BCUT2D eigenvalue weighted by atomic mass is 10.0. The number of nitrogens with zero attached hydrogens (tertiary/aromatic N) is 1. The van der Waals surface area contributed by atoms with Gasteiger partial charge in [0.2, 0.25) is 5.91 Å². The molecule has 0 saturated carbocycles. The van der Waals surface area contributed by atoms with Crippen LogP contribution in [0.25, 0.3) is 0 Å². The maximum atomic E-state index is 13.1. The Labute approximate surface area is 186 Å². The molecule has 2 N–H and O–H groups in total. The second kappa shape index (κ2) is 11.1. The van der Waals surface area contributed by atoms with Gasteiger partial charge in [-0.05, 0) is 37.1 Å². The average Bonchev–Trinajstić information content (AvgIpc) is 2.75. The van der Waals surface area contributed by atoms with E-state index in [2.05, 4.69) is 21.6 Å². The smallest absolute Gasteiger partial charge is 0.252 e. The van der Waals surface area contributed by atoms with Crippen molar-refractivity contribution in [1.82, 2.24) is 15.5 Å². The van der Waals surface area contributed by atoms with E-state index in [-0.39, 0.29) is 35.5 Å². The van der Waals surface area contributed by atoms with Gasteiger partial charge in [0.1, 0.15) is 11.6 Å². The van der Waals surface area contributed by atoms with E-state index in [0.717, 1.165) is 49.9 Å². The highest BCUT2D eigenvalue weighted by Gasteiger charge is 2.21. The van der Waals surface area contributed by atoms with Crippen molar-refractivity contribution in [2.75, 3.05) is 26.7 Å². The van der Waals surface area contributed by atoms with Crippen LogP contribution in [-0.4, -0.2) is 49.5 Å². The topological polar surface area (TPSA) is 70.7 Å². The number of amides is 2. The fourth-order valence-corrected chi connectivity index (χ4v) is 3.92. The first kappa shape index (κ1) is 23.0. The first-order valence-corrected chi connectivity index (χ1v) is 10.7. The number of methoxy groups -OCH3 is 1. The predicted molar refractivity (Wildman–Crippen MR) is 118 cm³/mol. The van der Waals surface area contributed by atoms with Crippen LogP contribution < -0.4 is 15.4 Å². The highest BCUT2D eigenvalue weighted by molar-refractivity contribution is 6.33. The molecule has 0 atom stereocenters. The molecule has 0 aromatic heterocycles. The molecule has 2 aromatic carbocycles. The molecule has 0 bridgehead atoms. The number of likely N-dealkylation sites (tertiary alicyclic amines) is 1. The van der Waals surface area contributed by atoms with Gasteiger partial charge < -0.3 is 15.4 Å². The Kier molecular flexibility index (Phi) is 8.26. The lowest BCUT2D eigenvalue weighted by Gasteiger charge is -2.32. The SMILES string of the molecule is COc1ccccc1CN1CCC(NC(=O)CCNC(=O)c2ccc(F)cc2Cl)CC1. The third-order valence-electron chi connectivity index (χ3n) is 5.35. The van der Waals surface area contributed by atoms with E-state index in [1.54, 1.807) is 7.11 Å². The predicted octanol–water partition coefficient (Wildman–Crippen LogP) is 3.39. The quantitative estimate of drug-likeness (QED) is 0.650. The van der Waals surface area contributed by atoms with Crippen LogP contribution in [0.5, 0.6) is 5.75 Å². The zero-order chi connectivity index (χ0) is 22.2. The van der Waals surface area contributed by atoms with Crippen LogP contribution in [0.15, 0.2) is 42.5 Å². The third-order valence-corrected chi connectivity index (χ3v) is 5.67. The molecule has 2 aromatic rings. The molecule has 166 valence electrons. The van der Waals surface area contributed by atoms with E-state index >= 15 is 0 Å². The van der Waals surface area contributed by atoms with Gasteiger partial charge in [0.25, 0.3) is 5.91 Å². The molecule has 1 saturated heterocycles. The normalized spacial score (nSPS) is 14.8. The summed E-state index contributed by atoms with van der Waals surface area (Å²) < 4.78 is 18.5. The van der Waals surface area contributed by atoms with Crippen molar-refractivity contribution < 1.29 is 18.7 Å². The molecular weight excluding hydrogens is 421 g/mol. The monoisotopic (exact) mass is 447 g/mol. The van der Waals surface area contributed by atoms with E-state index < -0.39 is 11.7 Å². The van der Waals surface area contributed by atoms with Crippen molar-refractivity contribution in [3.63, 3.8) is 0 Å². The van der Waals surface area contributed by atoms with Crippen molar-refractivity contribution in [3.05, 3.63) is 64.4 Å². The molecule has 8 heteroatoms.